The normalized spacial score (nSPS) is 10.2. The Morgan fingerprint density at radius 1 is 1.50 bits per heavy atom. The smallest absolute Gasteiger partial charge is 0.314 e. The van der Waals surface area contributed by atoms with Gasteiger partial charge in [-0.3, -0.25) is 10.1 Å². The molecule has 1 N–H and O–H groups in total. The predicted molar refractivity (Wildman–Crippen MR) is 50.5 cm³/mol. The van der Waals surface area contributed by atoms with Gasteiger partial charge in [0, 0.05) is 0 Å². The number of hydrogen-bond acceptors (Lipinski definition) is 4. The molecule has 0 atom stereocenters. The van der Waals surface area contributed by atoms with E-state index in [0.717, 1.165) is 6.07 Å². The van der Waals surface area contributed by atoms with Crippen LogP contribution in [0.4, 0.5) is 5.69 Å². The van der Waals surface area contributed by atoms with Gasteiger partial charge in [0.25, 0.3) is 0 Å². The van der Waals surface area contributed by atoms with E-state index in [4.69, 9.17) is 9.84 Å². The van der Waals surface area contributed by atoms with Crippen LogP contribution in [-0.4, -0.2) is 16.1 Å². The number of phenols is 1. The second-order valence-electron chi connectivity index (χ2n) is 3.08. The third kappa shape index (κ3) is 2.35. The highest BCUT2D eigenvalue weighted by atomic mass is 16.6. The van der Waals surface area contributed by atoms with Crippen molar-refractivity contribution in [2.24, 2.45) is 0 Å². The summed E-state index contributed by atoms with van der Waals surface area (Å²) in [7, 11) is 0. The number of nitrogens with zero attached hydrogens (tertiary/aromatic N) is 1. The van der Waals surface area contributed by atoms with Crippen molar-refractivity contribution < 1.29 is 14.8 Å². The molecule has 0 unspecified atom stereocenters. The Morgan fingerprint density at radius 2 is 2.14 bits per heavy atom. The van der Waals surface area contributed by atoms with Crippen molar-refractivity contribution in [2.75, 3.05) is 0 Å². The zero-order valence-electron chi connectivity index (χ0n) is 7.93. The first-order valence-electron chi connectivity index (χ1n) is 4.14. The molecule has 0 aromatic heterocycles. The standard InChI is InChI=1S/C9H11NO4/c1-6(2)14-9-4-3-7(11)5-8(9)10(12)13/h3-6,11H,1-2H3. The summed E-state index contributed by atoms with van der Waals surface area (Å²) in [5.41, 5.74) is -0.223. The summed E-state index contributed by atoms with van der Waals surface area (Å²) in [6, 6.07) is 3.80. The molecule has 1 aromatic rings. The van der Waals surface area contributed by atoms with E-state index in [2.05, 4.69) is 0 Å². The summed E-state index contributed by atoms with van der Waals surface area (Å²) in [6.07, 6.45) is -0.141. The fraction of sp³-hybridized carbons (Fsp3) is 0.333. The lowest BCUT2D eigenvalue weighted by Crippen LogP contribution is -2.07. The zero-order valence-corrected chi connectivity index (χ0v) is 7.93. The third-order valence-electron chi connectivity index (χ3n) is 1.50. The van der Waals surface area contributed by atoms with Crippen LogP contribution >= 0.6 is 0 Å². The molecule has 1 rings (SSSR count). The predicted octanol–water partition coefficient (Wildman–Crippen LogP) is 2.09. The van der Waals surface area contributed by atoms with Crippen LogP contribution < -0.4 is 4.74 Å². The molecule has 0 fully saturated rings. The summed E-state index contributed by atoms with van der Waals surface area (Å²) < 4.78 is 5.21. The number of nitro benzene ring substituents is 1. The lowest BCUT2D eigenvalue weighted by Gasteiger charge is -2.09. The van der Waals surface area contributed by atoms with Crippen LogP contribution in [0.1, 0.15) is 13.8 Å². The summed E-state index contributed by atoms with van der Waals surface area (Å²) in [6.45, 7) is 3.55. The van der Waals surface area contributed by atoms with Crippen molar-refractivity contribution in [3.63, 3.8) is 0 Å². The highest BCUT2D eigenvalue weighted by molar-refractivity contribution is 5.50. The van der Waals surface area contributed by atoms with E-state index in [1.54, 1.807) is 13.8 Å². The molecule has 0 heterocycles. The Morgan fingerprint density at radius 3 is 2.64 bits per heavy atom. The third-order valence-corrected chi connectivity index (χ3v) is 1.50. The van der Waals surface area contributed by atoms with Gasteiger partial charge in [-0.2, -0.15) is 0 Å². The van der Waals surface area contributed by atoms with Crippen LogP contribution in [-0.2, 0) is 0 Å². The maximum atomic E-state index is 10.6. The van der Waals surface area contributed by atoms with E-state index in [9.17, 15) is 10.1 Å². The quantitative estimate of drug-likeness (QED) is 0.594. The Kier molecular flexibility index (Phi) is 2.91. The molecule has 0 aliphatic carbocycles. The Balaban J connectivity index is 3.08. The number of ether oxygens (including phenoxy) is 1. The van der Waals surface area contributed by atoms with Crippen molar-refractivity contribution in [2.45, 2.75) is 20.0 Å². The molecule has 5 nitrogen and oxygen atoms in total. The van der Waals surface area contributed by atoms with E-state index in [1.807, 2.05) is 0 Å². The molecule has 0 bridgehead atoms. The molecule has 14 heavy (non-hydrogen) atoms. The Bertz CT molecular complexity index is 349. The van der Waals surface area contributed by atoms with Crippen LogP contribution in [0.3, 0.4) is 0 Å². The Labute approximate surface area is 81.1 Å². The minimum atomic E-state index is -0.586. The van der Waals surface area contributed by atoms with Crippen molar-refractivity contribution in [1.29, 1.82) is 0 Å². The fourth-order valence-corrected chi connectivity index (χ4v) is 1.00. The fourth-order valence-electron chi connectivity index (χ4n) is 1.00. The average Bonchev–Trinajstić information content (AvgIpc) is 2.07. The SMILES string of the molecule is CC(C)Oc1ccc(O)cc1[N+](=O)[O-]. The molecule has 0 amide bonds. The first kappa shape index (κ1) is 10.3. The molecule has 0 saturated heterocycles. The maximum absolute atomic E-state index is 10.6. The molecular formula is C9H11NO4. The molecular weight excluding hydrogens is 186 g/mol. The monoisotopic (exact) mass is 197 g/mol. The van der Waals surface area contributed by atoms with Crippen LogP contribution in [0.25, 0.3) is 0 Å². The first-order valence-corrected chi connectivity index (χ1v) is 4.14. The topological polar surface area (TPSA) is 72.6 Å². The molecule has 1 aromatic carbocycles. The van der Waals surface area contributed by atoms with Gasteiger partial charge in [-0.1, -0.05) is 0 Å². The van der Waals surface area contributed by atoms with Gasteiger partial charge in [-0.05, 0) is 26.0 Å². The number of aromatic hydroxyl groups is 1. The van der Waals surface area contributed by atoms with Gasteiger partial charge in [0.05, 0.1) is 17.1 Å². The molecule has 76 valence electrons. The van der Waals surface area contributed by atoms with Crippen molar-refractivity contribution >= 4 is 5.69 Å². The van der Waals surface area contributed by atoms with E-state index in [1.165, 1.54) is 12.1 Å². The van der Waals surface area contributed by atoms with Gasteiger partial charge in [-0.15, -0.1) is 0 Å². The molecule has 0 spiro atoms. The van der Waals surface area contributed by atoms with Crippen LogP contribution in [0.5, 0.6) is 11.5 Å². The minimum Gasteiger partial charge on any atom is -0.508 e. The van der Waals surface area contributed by atoms with Crippen LogP contribution in [0.2, 0.25) is 0 Å². The maximum Gasteiger partial charge on any atom is 0.314 e. The second kappa shape index (κ2) is 3.95. The van der Waals surface area contributed by atoms with Gasteiger partial charge >= 0.3 is 5.69 Å². The molecule has 0 radical (unpaired) electrons. The molecule has 0 aliphatic heterocycles. The van der Waals surface area contributed by atoms with Gasteiger partial charge in [0.15, 0.2) is 5.75 Å². The van der Waals surface area contributed by atoms with E-state index < -0.39 is 4.92 Å². The molecule has 0 aliphatic rings. The molecule has 5 heteroatoms. The molecule has 0 saturated carbocycles. The first-order chi connectivity index (χ1) is 6.50. The number of benzene rings is 1. The summed E-state index contributed by atoms with van der Waals surface area (Å²) in [5.74, 6) is 0.0237. The van der Waals surface area contributed by atoms with Gasteiger partial charge in [-0.25, -0.2) is 0 Å². The van der Waals surface area contributed by atoms with E-state index in [-0.39, 0.29) is 23.3 Å². The highest BCUT2D eigenvalue weighted by Gasteiger charge is 2.16. The number of phenolic OH excluding ortho intramolecular Hbond substituents is 1. The van der Waals surface area contributed by atoms with Crippen molar-refractivity contribution in [3.8, 4) is 11.5 Å². The number of nitro groups is 1. The lowest BCUT2D eigenvalue weighted by molar-refractivity contribution is -0.386. The number of rotatable bonds is 3. The van der Waals surface area contributed by atoms with Crippen molar-refractivity contribution in [1.82, 2.24) is 0 Å². The van der Waals surface area contributed by atoms with Crippen LogP contribution in [0.15, 0.2) is 18.2 Å². The average molecular weight is 197 g/mol. The summed E-state index contributed by atoms with van der Waals surface area (Å²) in [5, 5.41) is 19.6. The van der Waals surface area contributed by atoms with E-state index in [0.29, 0.717) is 0 Å². The second-order valence-corrected chi connectivity index (χ2v) is 3.08. The summed E-state index contributed by atoms with van der Waals surface area (Å²) in [4.78, 5) is 9.98. The highest BCUT2D eigenvalue weighted by Crippen LogP contribution is 2.30. The lowest BCUT2D eigenvalue weighted by atomic mass is 10.3. The van der Waals surface area contributed by atoms with Gasteiger partial charge in [0.1, 0.15) is 5.75 Å². The number of hydrogen-bond donors (Lipinski definition) is 1. The zero-order chi connectivity index (χ0) is 10.7. The van der Waals surface area contributed by atoms with E-state index >= 15 is 0 Å². The van der Waals surface area contributed by atoms with Crippen molar-refractivity contribution in [3.05, 3.63) is 28.3 Å². The largest absolute Gasteiger partial charge is 0.508 e. The van der Waals surface area contributed by atoms with Gasteiger partial charge < -0.3 is 9.84 Å². The summed E-state index contributed by atoms with van der Waals surface area (Å²) >= 11 is 0. The van der Waals surface area contributed by atoms with Crippen LogP contribution in [0, 0.1) is 10.1 Å². The Hall–Kier alpha value is -1.78. The minimum absolute atomic E-state index is 0.141. The van der Waals surface area contributed by atoms with Gasteiger partial charge in [0.2, 0.25) is 0 Å².